The number of hydrogen-bond acceptors (Lipinski definition) is 4. The minimum Gasteiger partial charge on any atom is -0.480 e. The molecule has 0 saturated heterocycles. The van der Waals surface area contributed by atoms with Crippen molar-refractivity contribution in [2.75, 3.05) is 5.32 Å². The normalized spacial score (nSPS) is 12.1. The van der Waals surface area contributed by atoms with Crippen molar-refractivity contribution < 1.29 is 14.7 Å². The van der Waals surface area contributed by atoms with Gasteiger partial charge in [0.05, 0.1) is 0 Å². The largest absolute Gasteiger partial charge is 0.480 e. The van der Waals surface area contributed by atoms with E-state index in [2.05, 4.69) is 22.4 Å². The van der Waals surface area contributed by atoms with Gasteiger partial charge in [0.1, 0.15) is 6.04 Å². The first-order valence-corrected chi connectivity index (χ1v) is 7.06. The Morgan fingerprint density at radius 2 is 2.14 bits per heavy atom. The van der Waals surface area contributed by atoms with Gasteiger partial charge in [-0.3, -0.25) is 14.2 Å². The van der Waals surface area contributed by atoms with E-state index in [9.17, 15) is 9.59 Å². The van der Waals surface area contributed by atoms with Crippen LogP contribution in [0.25, 0.3) is 0 Å². The summed E-state index contributed by atoms with van der Waals surface area (Å²) >= 11 is 0. The molecule has 0 spiro atoms. The SMILES string of the molecule is CCCn1nc(NC(=O)c2ccn(C(C)C(=O)O)n2)cc1C. The third kappa shape index (κ3) is 3.33. The van der Waals surface area contributed by atoms with Gasteiger partial charge in [-0.1, -0.05) is 6.92 Å². The fourth-order valence-corrected chi connectivity index (χ4v) is 1.98. The van der Waals surface area contributed by atoms with Crippen molar-refractivity contribution in [1.29, 1.82) is 0 Å². The summed E-state index contributed by atoms with van der Waals surface area (Å²) in [4.78, 5) is 23.0. The van der Waals surface area contributed by atoms with E-state index in [1.165, 1.54) is 23.9 Å². The standard InChI is InChI=1S/C14H19N5O3/c1-4-6-18-9(2)8-12(17-18)15-13(20)11-5-7-19(16-11)10(3)14(21)22/h5,7-8,10H,4,6H2,1-3H3,(H,21,22)(H,15,17,20). The Morgan fingerprint density at radius 3 is 2.77 bits per heavy atom. The van der Waals surface area contributed by atoms with Crippen molar-refractivity contribution in [3.05, 3.63) is 29.7 Å². The lowest BCUT2D eigenvalue weighted by Gasteiger charge is -2.05. The van der Waals surface area contributed by atoms with Gasteiger partial charge in [-0.15, -0.1) is 0 Å². The highest BCUT2D eigenvalue weighted by molar-refractivity contribution is 6.02. The molecule has 8 heteroatoms. The molecular weight excluding hydrogens is 286 g/mol. The first-order chi connectivity index (χ1) is 10.4. The average molecular weight is 305 g/mol. The number of carboxylic acids is 1. The van der Waals surface area contributed by atoms with Crippen molar-refractivity contribution in [3.8, 4) is 0 Å². The number of nitrogens with zero attached hydrogens (tertiary/aromatic N) is 4. The number of anilines is 1. The van der Waals surface area contributed by atoms with E-state index < -0.39 is 17.9 Å². The molecule has 0 aromatic carbocycles. The summed E-state index contributed by atoms with van der Waals surface area (Å²) < 4.78 is 3.05. The van der Waals surface area contributed by atoms with E-state index in [0.29, 0.717) is 5.82 Å². The number of aromatic nitrogens is 4. The van der Waals surface area contributed by atoms with E-state index in [4.69, 9.17) is 5.11 Å². The lowest BCUT2D eigenvalue weighted by atomic mass is 10.3. The van der Waals surface area contributed by atoms with Crippen LogP contribution < -0.4 is 5.32 Å². The molecule has 2 aromatic heterocycles. The predicted molar refractivity (Wildman–Crippen MR) is 79.8 cm³/mol. The quantitative estimate of drug-likeness (QED) is 0.845. The molecule has 1 amide bonds. The van der Waals surface area contributed by atoms with E-state index in [-0.39, 0.29) is 5.69 Å². The molecule has 1 atom stereocenters. The summed E-state index contributed by atoms with van der Waals surface area (Å²) in [5.41, 5.74) is 1.11. The first kappa shape index (κ1) is 15.7. The van der Waals surface area contributed by atoms with Crippen molar-refractivity contribution in [1.82, 2.24) is 19.6 Å². The summed E-state index contributed by atoms with van der Waals surface area (Å²) in [5.74, 6) is -0.974. The molecule has 118 valence electrons. The number of carboxylic acid groups (broad SMARTS) is 1. The maximum absolute atomic E-state index is 12.1. The molecule has 0 bridgehead atoms. The average Bonchev–Trinajstić information content (AvgIpc) is 3.06. The van der Waals surface area contributed by atoms with Crippen molar-refractivity contribution in [2.24, 2.45) is 0 Å². The molecule has 0 aliphatic rings. The molecule has 22 heavy (non-hydrogen) atoms. The number of aryl methyl sites for hydroxylation is 2. The van der Waals surface area contributed by atoms with E-state index in [0.717, 1.165) is 18.7 Å². The van der Waals surface area contributed by atoms with Gasteiger partial charge in [-0.2, -0.15) is 10.2 Å². The van der Waals surface area contributed by atoms with Crippen LogP contribution in [0.15, 0.2) is 18.3 Å². The molecule has 2 N–H and O–H groups in total. The molecule has 0 saturated carbocycles. The van der Waals surface area contributed by atoms with Gasteiger partial charge in [-0.25, -0.2) is 4.79 Å². The van der Waals surface area contributed by atoms with Crippen LogP contribution in [-0.2, 0) is 11.3 Å². The zero-order valence-corrected chi connectivity index (χ0v) is 12.8. The Kier molecular flexibility index (Phi) is 4.59. The number of amides is 1. The Hall–Kier alpha value is -2.64. The lowest BCUT2D eigenvalue weighted by Crippen LogP contribution is -2.18. The number of carbonyl (C=O) groups excluding carboxylic acids is 1. The highest BCUT2D eigenvalue weighted by Crippen LogP contribution is 2.11. The molecule has 0 fully saturated rings. The number of aliphatic carboxylic acids is 1. The Labute approximate surface area is 127 Å². The molecular formula is C14H19N5O3. The van der Waals surface area contributed by atoms with Gasteiger partial charge in [0.25, 0.3) is 5.91 Å². The van der Waals surface area contributed by atoms with Crippen LogP contribution in [0.3, 0.4) is 0 Å². The maximum atomic E-state index is 12.1. The van der Waals surface area contributed by atoms with E-state index in [1.54, 1.807) is 6.07 Å². The highest BCUT2D eigenvalue weighted by Gasteiger charge is 2.17. The summed E-state index contributed by atoms with van der Waals surface area (Å²) in [5, 5.41) is 19.9. The molecule has 2 rings (SSSR count). The van der Waals surface area contributed by atoms with Crippen LogP contribution in [-0.4, -0.2) is 36.5 Å². The van der Waals surface area contributed by atoms with Gasteiger partial charge in [0.15, 0.2) is 11.5 Å². The number of carbonyl (C=O) groups is 2. The van der Waals surface area contributed by atoms with Crippen LogP contribution in [0.5, 0.6) is 0 Å². The molecule has 0 aliphatic carbocycles. The fraction of sp³-hybridized carbons (Fsp3) is 0.429. The smallest absolute Gasteiger partial charge is 0.328 e. The van der Waals surface area contributed by atoms with Crippen LogP contribution >= 0.6 is 0 Å². The van der Waals surface area contributed by atoms with E-state index in [1.807, 2.05) is 11.6 Å². The zero-order valence-electron chi connectivity index (χ0n) is 12.8. The summed E-state index contributed by atoms with van der Waals surface area (Å²) in [7, 11) is 0. The molecule has 2 heterocycles. The molecule has 0 radical (unpaired) electrons. The molecule has 1 unspecified atom stereocenters. The summed E-state index contributed by atoms with van der Waals surface area (Å²) in [6.07, 6.45) is 2.42. The zero-order chi connectivity index (χ0) is 16.3. The second kappa shape index (κ2) is 6.42. The van der Waals surface area contributed by atoms with Gasteiger partial charge in [-0.05, 0) is 26.3 Å². The topological polar surface area (TPSA) is 102 Å². The number of hydrogen-bond donors (Lipinski definition) is 2. The Bertz CT molecular complexity index is 688. The van der Waals surface area contributed by atoms with Gasteiger partial charge in [0.2, 0.25) is 0 Å². The van der Waals surface area contributed by atoms with Crippen LogP contribution in [0, 0.1) is 6.92 Å². The third-order valence-corrected chi connectivity index (χ3v) is 3.25. The van der Waals surface area contributed by atoms with E-state index >= 15 is 0 Å². The minimum absolute atomic E-state index is 0.149. The van der Waals surface area contributed by atoms with Crippen LogP contribution in [0.1, 0.15) is 42.5 Å². The minimum atomic E-state index is -1.01. The number of rotatable bonds is 6. The molecule has 0 aliphatic heterocycles. The third-order valence-electron chi connectivity index (χ3n) is 3.25. The Balaban J connectivity index is 2.09. The fourth-order valence-electron chi connectivity index (χ4n) is 1.98. The lowest BCUT2D eigenvalue weighted by molar-refractivity contribution is -0.140. The van der Waals surface area contributed by atoms with Crippen LogP contribution in [0.4, 0.5) is 5.82 Å². The van der Waals surface area contributed by atoms with Crippen molar-refractivity contribution in [2.45, 2.75) is 39.8 Å². The second-order valence-corrected chi connectivity index (χ2v) is 5.04. The van der Waals surface area contributed by atoms with Crippen molar-refractivity contribution in [3.63, 3.8) is 0 Å². The van der Waals surface area contributed by atoms with Gasteiger partial charge in [0, 0.05) is 24.5 Å². The molecule has 8 nitrogen and oxygen atoms in total. The Morgan fingerprint density at radius 1 is 1.41 bits per heavy atom. The van der Waals surface area contributed by atoms with Crippen LogP contribution in [0.2, 0.25) is 0 Å². The number of nitrogens with one attached hydrogen (secondary N) is 1. The summed E-state index contributed by atoms with van der Waals surface area (Å²) in [6.45, 7) is 6.25. The predicted octanol–water partition coefficient (Wildman–Crippen LogP) is 1.70. The van der Waals surface area contributed by atoms with Gasteiger partial charge < -0.3 is 10.4 Å². The first-order valence-electron chi connectivity index (χ1n) is 7.06. The van der Waals surface area contributed by atoms with Crippen molar-refractivity contribution >= 4 is 17.7 Å². The maximum Gasteiger partial charge on any atom is 0.328 e. The van der Waals surface area contributed by atoms with Gasteiger partial charge >= 0.3 is 5.97 Å². The monoisotopic (exact) mass is 305 g/mol. The molecule has 2 aromatic rings. The summed E-state index contributed by atoms with van der Waals surface area (Å²) in [6, 6.07) is 2.43. The second-order valence-electron chi connectivity index (χ2n) is 5.04. The highest BCUT2D eigenvalue weighted by atomic mass is 16.4.